The molecule has 4 rings (SSSR count). The maximum absolute atomic E-state index is 13.0. The topological polar surface area (TPSA) is 84.3 Å². The van der Waals surface area contributed by atoms with E-state index in [2.05, 4.69) is 10.3 Å². The van der Waals surface area contributed by atoms with Crippen LogP contribution in [0.25, 0.3) is 11.0 Å². The van der Waals surface area contributed by atoms with Crippen molar-refractivity contribution in [2.45, 2.75) is 33.2 Å². The molecule has 1 N–H and O–H groups in total. The lowest BCUT2D eigenvalue weighted by molar-refractivity contribution is -0.116. The number of para-hydroxylation sites is 1. The van der Waals surface area contributed by atoms with Gasteiger partial charge in [0.05, 0.1) is 5.39 Å². The van der Waals surface area contributed by atoms with Crippen LogP contribution in [0.5, 0.6) is 0 Å². The Morgan fingerprint density at radius 3 is 2.53 bits per heavy atom. The van der Waals surface area contributed by atoms with Crippen LogP contribution in [0.3, 0.4) is 0 Å². The molecule has 7 heteroatoms. The van der Waals surface area contributed by atoms with Gasteiger partial charge in [-0.3, -0.25) is 14.4 Å². The smallest absolute Gasteiger partial charge is 0.259 e. The lowest BCUT2D eigenvalue weighted by Crippen LogP contribution is -2.33. The van der Waals surface area contributed by atoms with Crippen molar-refractivity contribution in [1.29, 1.82) is 0 Å². The monoisotopic (exact) mass is 404 g/mol. The van der Waals surface area contributed by atoms with E-state index in [1.165, 1.54) is 6.20 Å². The number of carbonyl (C=O) groups excluding carboxylic acids is 2. The summed E-state index contributed by atoms with van der Waals surface area (Å²) < 4.78 is 1.60. The molecule has 1 aliphatic rings. The van der Waals surface area contributed by atoms with Gasteiger partial charge in [-0.15, -0.1) is 0 Å². The van der Waals surface area contributed by atoms with Gasteiger partial charge in [-0.05, 0) is 50.5 Å². The van der Waals surface area contributed by atoms with Crippen molar-refractivity contribution in [2.24, 2.45) is 0 Å². The Bertz CT molecular complexity index is 1190. The average molecular weight is 404 g/mol. The molecule has 0 atom stereocenters. The van der Waals surface area contributed by atoms with E-state index in [4.69, 9.17) is 0 Å². The molecule has 0 spiro atoms. The predicted molar refractivity (Wildman–Crippen MR) is 116 cm³/mol. The quantitative estimate of drug-likeness (QED) is 0.725. The Morgan fingerprint density at radius 2 is 1.80 bits per heavy atom. The van der Waals surface area contributed by atoms with Gasteiger partial charge in [-0.2, -0.15) is 0 Å². The van der Waals surface area contributed by atoms with Gasteiger partial charge < -0.3 is 14.8 Å². The van der Waals surface area contributed by atoms with E-state index < -0.39 is 0 Å². The molecule has 1 saturated heterocycles. The number of likely N-dealkylation sites (tertiary alicyclic amines) is 1. The fraction of sp³-hybridized carbons (Fsp3) is 0.304. The second kappa shape index (κ2) is 8.10. The molecule has 30 heavy (non-hydrogen) atoms. The van der Waals surface area contributed by atoms with Crippen LogP contribution in [-0.4, -0.2) is 39.4 Å². The molecule has 1 aromatic carbocycles. The molecule has 154 valence electrons. The van der Waals surface area contributed by atoms with Crippen molar-refractivity contribution in [3.8, 4) is 0 Å². The average Bonchev–Trinajstić information content (AvgIpc) is 3.26. The number of pyridine rings is 2. The number of hydrogen-bond donors (Lipinski definition) is 1. The summed E-state index contributed by atoms with van der Waals surface area (Å²) in [6.07, 6.45) is 3.36. The zero-order valence-electron chi connectivity index (χ0n) is 17.1. The molecule has 0 saturated carbocycles. The Balaban J connectivity index is 1.73. The van der Waals surface area contributed by atoms with Crippen molar-refractivity contribution in [1.82, 2.24) is 14.5 Å². The molecule has 0 unspecified atom stereocenters. The summed E-state index contributed by atoms with van der Waals surface area (Å²) in [4.78, 5) is 44.9. The number of aryl methyl sites for hydroxylation is 2. The van der Waals surface area contributed by atoms with Gasteiger partial charge in [0, 0.05) is 30.7 Å². The summed E-state index contributed by atoms with van der Waals surface area (Å²) in [5.74, 6) is -0.537. The normalized spacial score (nSPS) is 13.6. The molecule has 2 amide bonds. The highest BCUT2D eigenvalue weighted by molar-refractivity contribution is 5.98. The number of amides is 2. The number of nitrogens with one attached hydrogen (secondary N) is 1. The van der Waals surface area contributed by atoms with Gasteiger partial charge in [-0.1, -0.05) is 18.2 Å². The lowest BCUT2D eigenvalue weighted by Gasteiger charge is -2.17. The molecule has 3 aromatic rings. The van der Waals surface area contributed by atoms with E-state index in [9.17, 15) is 14.4 Å². The number of anilines is 1. The molecule has 1 aliphatic heterocycles. The van der Waals surface area contributed by atoms with E-state index in [0.29, 0.717) is 24.1 Å². The standard InChI is InChI=1S/C23H24N4O3/c1-15-7-3-4-8-19(15)25-20(28)14-27-13-18(23(30)26-11-5-6-12-26)21(29)17-10-9-16(2)24-22(17)27/h3-4,7-10,13H,5-6,11-12,14H2,1-2H3,(H,25,28). The van der Waals surface area contributed by atoms with Gasteiger partial charge in [-0.25, -0.2) is 4.98 Å². The molecule has 0 aliphatic carbocycles. The highest BCUT2D eigenvalue weighted by Crippen LogP contribution is 2.17. The molecular formula is C23H24N4O3. The third-order valence-corrected chi connectivity index (χ3v) is 5.42. The van der Waals surface area contributed by atoms with Crippen molar-refractivity contribution in [2.75, 3.05) is 18.4 Å². The number of rotatable bonds is 4. The highest BCUT2D eigenvalue weighted by Gasteiger charge is 2.24. The van der Waals surface area contributed by atoms with Gasteiger partial charge in [0.15, 0.2) is 0 Å². The van der Waals surface area contributed by atoms with Crippen molar-refractivity contribution >= 4 is 28.5 Å². The molecule has 2 aromatic heterocycles. The number of hydrogen-bond acceptors (Lipinski definition) is 4. The van der Waals surface area contributed by atoms with E-state index in [0.717, 1.165) is 29.8 Å². The largest absolute Gasteiger partial charge is 0.338 e. The minimum absolute atomic E-state index is 0.0537. The summed E-state index contributed by atoms with van der Waals surface area (Å²) in [6, 6.07) is 10.9. The summed E-state index contributed by atoms with van der Waals surface area (Å²) in [5.41, 5.74) is 2.55. The van der Waals surface area contributed by atoms with Crippen molar-refractivity contribution < 1.29 is 9.59 Å². The Morgan fingerprint density at radius 1 is 1.07 bits per heavy atom. The van der Waals surface area contributed by atoms with Crippen molar-refractivity contribution in [3.05, 3.63) is 69.6 Å². The first kappa shape index (κ1) is 19.8. The van der Waals surface area contributed by atoms with Crippen LogP contribution < -0.4 is 10.7 Å². The molecule has 1 fully saturated rings. The zero-order valence-corrected chi connectivity index (χ0v) is 17.1. The minimum atomic E-state index is -0.343. The summed E-state index contributed by atoms with van der Waals surface area (Å²) in [6.45, 7) is 4.99. The molecule has 0 radical (unpaired) electrons. The first-order valence-corrected chi connectivity index (χ1v) is 10.1. The van der Waals surface area contributed by atoms with E-state index in [1.807, 2.05) is 38.1 Å². The van der Waals surface area contributed by atoms with Crippen LogP contribution in [-0.2, 0) is 11.3 Å². The summed E-state index contributed by atoms with van der Waals surface area (Å²) in [5, 5.41) is 3.24. The van der Waals surface area contributed by atoms with Crippen LogP contribution in [0.1, 0.15) is 34.5 Å². The van der Waals surface area contributed by atoms with Gasteiger partial charge in [0.2, 0.25) is 11.3 Å². The van der Waals surface area contributed by atoms with E-state index in [1.54, 1.807) is 21.6 Å². The van der Waals surface area contributed by atoms with Gasteiger partial charge in [0.25, 0.3) is 5.91 Å². The fourth-order valence-corrected chi connectivity index (χ4v) is 3.78. The van der Waals surface area contributed by atoms with E-state index >= 15 is 0 Å². The second-order valence-electron chi connectivity index (χ2n) is 7.69. The lowest BCUT2D eigenvalue weighted by atomic mass is 10.1. The van der Waals surface area contributed by atoms with Gasteiger partial charge >= 0.3 is 0 Å². The molecular weight excluding hydrogens is 380 g/mol. The Hall–Kier alpha value is -3.48. The van der Waals surface area contributed by atoms with Crippen LogP contribution in [0.4, 0.5) is 5.69 Å². The number of carbonyl (C=O) groups is 2. The van der Waals surface area contributed by atoms with Crippen LogP contribution >= 0.6 is 0 Å². The summed E-state index contributed by atoms with van der Waals surface area (Å²) in [7, 11) is 0. The summed E-state index contributed by atoms with van der Waals surface area (Å²) >= 11 is 0. The predicted octanol–water partition coefficient (Wildman–Crippen LogP) is 2.89. The first-order chi connectivity index (χ1) is 14.4. The second-order valence-corrected chi connectivity index (χ2v) is 7.69. The Labute approximate surface area is 174 Å². The number of fused-ring (bicyclic) bond motifs is 1. The van der Waals surface area contributed by atoms with E-state index in [-0.39, 0.29) is 29.4 Å². The number of nitrogens with zero attached hydrogens (tertiary/aromatic N) is 3. The van der Waals surface area contributed by atoms with Gasteiger partial charge in [0.1, 0.15) is 17.8 Å². The maximum atomic E-state index is 13.0. The number of benzene rings is 1. The molecule has 3 heterocycles. The minimum Gasteiger partial charge on any atom is -0.338 e. The maximum Gasteiger partial charge on any atom is 0.259 e. The first-order valence-electron chi connectivity index (χ1n) is 10.1. The fourth-order valence-electron chi connectivity index (χ4n) is 3.78. The van der Waals surface area contributed by atoms with Crippen LogP contribution in [0.2, 0.25) is 0 Å². The molecule has 7 nitrogen and oxygen atoms in total. The number of aromatic nitrogens is 2. The van der Waals surface area contributed by atoms with Crippen LogP contribution in [0, 0.1) is 13.8 Å². The van der Waals surface area contributed by atoms with Crippen LogP contribution in [0.15, 0.2) is 47.4 Å². The van der Waals surface area contributed by atoms with Crippen molar-refractivity contribution in [3.63, 3.8) is 0 Å². The zero-order chi connectivity index (χ0) is 21.3. The molecule has 0 bridgehead atoms. The Kier molecular flexibility index (Phi) is 5.35. The third-order valence-electron chi connectivity index (χ3n) is 5.42. The third kappa shape index (κ3) is 3.83. The highest BCUT2D eigenvalue weighted by atomic mass is 16.2. The SMILES string of the molecule is Cc1ccc2c(=O)c(C(=O)N3CCCC3)cn(CC(=O)Nc3ccccc3C)c2n1.